The van der Waals surface area contributed by atoms with Gasteiger partial charge in [0.1, 0.15) is 0 Å². The maximum atomic E-state index is 13.1. The first-order valence-electron chi connectivity index (χ1n) is 11.0. The third-order valence-corrected chi connectivity index (χ3v) is 6.04. The van der Waals surface area contributed by atoms with E-state index in [0.29, 0.717) is 23.9 Å². The molecule has 12 heteroatoms. The van der Waals surface area contributed by atoms with E-state index < -0.39 is 36.0 Å². The average Bonchev–Trinajstić information content (AvgIpc) is 3.36. The number of hydrogen-bond acceptors (Lipinski definition) is 5. The molecule has 5 nitrogen and oxygen atoms in total. The number of nitrogens with one attached hydrogen (secondary N) is 1. The Balaban J connectivity index is 0.00000361. The zero-order valence-electron chi connectivity index (χ0n) is 18.9. The molecular weight excluding hydrogens is 512 g/mol. The van der Waals surface area contributed by atoms with Crippen molar-refractivity contribution in [3.8, 4) is 0 Å². The Labute approximate surface area is 209 Å². The van der Waals surface area contributed by atoms with Crippen LogP contribution in [0.4, 0.5) is 26.3 Å². The van der Waals surface area contributed by atoms with E-state index in [2.05, 4.69) is 15.5 Å². The van der Waals surface area contributed by atoms with E-state index in [1.54, 1.807) is 0 Å². The van der Waals surface area contributed by atoms with Crippen LogP contribution in [-0.4, -0.2) is 29.8 Å². The highest BCUT2D eigenvalue weighted by molar-refractivity contribution is 5.85. The molecule has 1 aromatic heterocycles. The first-order valence-corrected chi connectivity index (χ1v) is 11.0. The number of alkyl halides is 6. The van der Waals surface area contributed by atoms with E-state index in [0.717, 1.165) is 37.9 Å². The van der Waals surface area contributed by atoms with Crippen LogP contribution in [0.3, 0.4) is 0 Å². The van der Waals surface area contributed by atoms with Crippen molar-refractivity contribution in [2.75, 3.05) is 19.7 Å². The first-order chi connectivity index (χ1) is 16.6. The fraction of sp³-hybridized carbons (Fsp3) is 0.417. The summed E-state index contributed by atoms with van der Waals surface area (Å²) in [6.45, 7) is 1.40. The summed E-state index contributed by atoms with van der Waals surface area (Å²) >= 11 is 0. The van der Waals surface area contributed by atoms with Crippen LogP contribution in [0.1, 0.15) is 58.3 Å². The minimum atomic E-state index is -4.92. The van der Waals surface area contributed by atoms with Crippen molar-refractivity contribution < 1.29 is 35.6 Å². The zero-order chi connectivity index (χ0) is 25.1. The molecule has 0 amide bonds. The minimum absolute atomic E-state index is 0. The van der Waals surface area contributed by atoms with Crippen LogP contribution in [0, 0.1) is 0 Å². The van der Waals surface area contributed by atoms with Gasteiger partial charge in [0.2, 0.25) is 6.39 Å². The molecule has 4 rings (SSSR count). The van der Waals surface area contributed by atoms with Crippen molar-refractivity contribution in [3.05, 3.63) is 82.5 Å². The van der Waals surface area contributed by atoms with Crippen molar-refractivity contribution in [1.29, 1.82) is 0 Å². The smallest absolute Gasteiger partial charge is 0.376 e. The second-order valence-electron chi connectivity index (χ2n) is 8.46. The van der Waals surface area contributed by atoms with Crippen molar-refractivity contribution in [2.24, 2.45) is 0 Å². The standard InChI is InChI=1S/C24H23F6N3O2.ClH/c25-23(26,27)19-9-15(10-20(11-19)24(28,29)30)12-34-13-21(22-32-14-35-33-22)18-3-1-16(2-4-18)17-5-7-31-8-6-17;/h1-4,9-11,14,17,21,31H,5-8,12-13H2;1H. The third kappa shape index (κ3) is 6.98. The van der Waals surface area contributed by atoms with Gasteiger partial charge < -0.3 is 14.6 Å². The summed E-state index contributed by atoms with van der Waals surface area (Å²) in [5.74, 6) is 0.247. The van der Waals surface area contributed by atoms with Crippen LogP contribution in [0.2, 0.25) is 0 Å². The van der Waals surface area contributed by atoms with Gasteiger partial charge in [0, 0.05) is 0 Å². The Morgan fingerprint density at radius 3 is 2.08 bits per heavy atom. The van der Waals surface area contributed by atoms with Crippen LogP contribution in [0.5, 0.6) is 0 Å². The molecule has 196 valence electrons. The number of nitrogens with zero attached hydrogens (tertiary/aromatic N) is 2. The highest BCUT2D eigenvalue weighted by Gasteiger charge is 2.37. The Kier molecular flexibility index (Phi) is 9.02. The number of piperidine rings is 1. The predicted octanol–water partition coefficient (Wildman–Crippen LogP) is 6.34. The molecule has 0 saturated carbocycles. The molecule has 0 bridgehead atoms. The number of benzene rings is 2. The molecule has 1 unspecified atom stereocenters. The van der Waals surface area contributed by atoms with Crippen molar-refractivity contribution in [1.82, 2.24) is 15.5 Å². The predicted molar refractivity (Wildman–Crippen MR) is 121 cm³/mol. The summed E-state index contributed by atoms with van der Waals surface area (Å²) in [5, 5.41) is 7.18. The minimum Gasteiger partial charge on any atom is -0.376 e. The van der Waals surface area contributed by atoms with E-state index in [4.69, 9.17) is 9.26 Å². The maximum Gasteiger partial charge on any atom is 0.416 e. The van der Waals surface area contributed by atoms with Gasteiger partial charge in [-0.1, -0.05) is 29.4 Å². The molecule has 0 spiro atoms. The van der Waals surface area contributed by atoms with Gasteiger partial charge in [-0.2, -0.15) is 31.3 Å². The molecule has 0 radical (unpaired) electrons. The number of aromatic nitrogens is 2. The second kappa shape index (κ2) is 11.6. The summed E-state index contributed by atoms with van der Waals surface area (Å²) in [4.78, 5) is 4.06. The van der Waals surface area contributed by atoms with Gasteiger partial charge >= 0.3 is 12.4 Å². The molecule has 1 atom stereocenters. The molecule has 0 aliphatic carbocycles. The summed E-state index contributed by atoms with van der Waals surface area (Å²) in [6, 6.07) is 9.26. The van der Waals surface area contributed by atoms with Gasteiger partial charge in [0.15, 0.2) is 5.82 Å². The van der Waals surface area contributed by atoms with Crippen molar-refractivity contribution >= 4 is 12.4 Å². The van der Waals surface area contributed by atoms with Crippen LogP contribution in [0.15, 0.2) is 53.4 Å². The highest BCUT2D eigenvalue weighted by Crippen LogP contribution is 2.36. The van der Waals surface area contributed by atoms with Crippen LogP contribution >= 0.6 is 12.4 Å². The highest BCUT2D eigenvalue weighted by atomic mass is 35.5. The number of rotatable bonds is 7. The fourth-order valence-electron chi connectivity index (χ4n) is 4.21. The van der Waals surface area contributed by atoms with E-state index in [1.165, 1.54) is 5.56 Å². The van der Waals surface area contributed by atoms with Crippen molar-refractivity contribution in [3.63, 3.8) is 0 Å². The SMILES string of the molecule is Cl.FC(F)(F)c1cc(COCC(c2ccc(C3CCNCC3)cc2)c2ncon2)cc(C(F)(F)F)c1. The van der Waals surface area contributed by atoms with E-state index in [-0.39, 0.29) is 30.6 Å². The van der Waals surface area contributed by atoms with E-state index in [9.17, 15) is 26.3 Å². The molecule has 2 aromatic carbocycles. The monoisotopic (exact) mass is 535 g/mol. The fourth-order valence-corrected chi connectivity index (χ4v) is 4.21. The lowest BCUT2D eigenvalue weighted by molar-refractivity contribution is -0.143. The van der Waals surface area contributed by atoms with Gasteiger partial charge in [-0.05, 0) is 66.7 Å². The number of ether oxygens (including phenoxy) is 1. The van der Waals surface area contributed by atoms with Gasteiger partial charge in [-0.3, -0.25) is 0 Å². The molecule has 3 aromatic rings. The Morgan fingerprint density at radius 2 is 1.56 bits per heavy atom. The zero-order valence-corrected chi connectivity index (χ0v) is 19.7. The topological polar surface area (TPSA) is 60.2 Å². The molecule has 1 aliphatic rings. The quantitative estimate of drug-likeness (QED) is 0.358. The summed E-state index contributed by atoms with van der Waals surface area (Å²) in [5.41, 5.74) is -1.00. The van der Waals surface area contributed by atoms with Gasteiger partial charge in [-0.25, -0.2) is 0 Å². The Morgan fingerprint density at radius 1 is 0.944 bits per heavy atom. The van der Waals surface area contributed by atoms with Crippen LogP contribution < -0.4 is 5.32 Å². The molecule has 1 aliphatic heterocycles. The van der Waals surface area contributed by atoms with Gasteiger partial charge in [-0.15, -0.1) is 12.4 Å². The number of halogens is 7. The second-order valence-corrected chi connectivity index (χ2v) is 8.46. The molecule has 1 N–H and O–H groups in total. The van der Waals surface area contributed by atoms with Gasteiger partial charge in [0.05, 0.1) is 30.3 Å². The van der Waals surface area contributed by atoms with Crippen molar-refractivity contribution in [2.45, 2.75) is 43.6 Å². The first kappa shape index (κ1) is 27.9. The van der Waals surface area contributed by atoms with E-state index in [1.807, 2.05) is 24.3 Å². The molecule has 1 saturated heterocycles. The number of hydrogen-bond donors (Lipinski definition) is 1. The summed E-state index contributed by atoms with van der Waals surface area (Å²) in [6.07, 6.45) is -6.62. The normalized spacial score (nSPS) is 15.9. The molecule has 36 heavy (non-hydrogen) atoms. The lowest BCUT2D eigenvalue weighted by Gasteiger charge is -2.23. The average molecular weight is 536 g/mol. The third-order valence-electron chi connectivity index (χ3n) is 6.04. The van der Waals surface area contributed by atoms with Crippen LogP contribution in [0.25, 0.3) is 0 Å². The Hall–Kier alpha value is -2.63. The molecule has 1 fully saturated rings. The summed E-state index contributed by atoms with van der Waals surface area (Å²) < 4.78 is 89.1. The van der Waals surface area contributed by atoms with E-state index >= 15 is 0 Å². The molecular formula is C24H24ClF6N3O2. The Bertz CT molecular complexity index is 1070. The van der Waals surface area contributed by atoms with Crippen LogP contribution in [-0.2, 0) is 23.7 Å². The largest absolute Gasteiger partial charge is 0.416 e. The lowest BCUT2D eigenvalue weighted by atomic mass is 9.88. The van der Waals surface area contributed by atoms with Gasteiger partial charge in [0.25, 0.3) is 0 Å². The molecule has 2 heterocycles. The lowest BCUT2D eigenvalue weighted by Crippen LogP contribution is -2.26. The summed E-state index contributed by atoms with van der Waals surface area (Å²) in [7, 11) is 0. The maximum absolute atomic E-state index is 13.1.